The maximum absolute atomic E-state index is 13.7. The summed E-state index contributed by atoms with van der Waals surface area (Å²) in [5, 5.41) is 0.860. The Labute approximate surface area is 212 Å². The molecular weight excluding hydrogens is 470 g/mol. The highest BCUT2D eigenvalue weighted by Gasteiger charge is 2.41. The van der Waals surface area contributed by atoms with Crippen LogP contribution in [0.2, 0.25) is 0 Å². The molecule has 188 valence electrons. The zero-order valence-electron chi connectivity index (χ0n) is 21.4. The van der Waals surface area contributed by atoms with Crippen LogP contribution in [0.5, 0.6) is 0 Å². The first-order chi connectivity index (χ1) is 17.6. The Hall–Kier alpha value is -4.17. The van der Waals surface area contributed by atoms with E-state index in [4.69, 9.17) is 9.15 Å². The minimum atomic E-state index is -0.840. The molecule has 4 heterocycles. The summed E-state index contributed by atoms with van der Waals surface area (Å²) in [6.07, 6.45) is 0.593. The third kappa shape index (κ3) is 3.22. The largest absolute Gasteiger partial charge is 0.464 e. The molecule has 0 saturated heterocycles. The number of aryl methyl sites for hydroxylation is 2. The summed E-state index contributed by atoms with van der Waals surface area (Å²) in [4.78, 5) is 40.5. The number of fused-ring (bicyclic) bond motifs is 4. The summed E-state index contributed by atoms with van der Waals surface area (Å²) in [5.74, 6) is 0. The first-order valence-corrected chi connectivity index (χ1v) is 12.2. The van der Waals surface area contributed by atoms with Crippen LogP contribution in [0.1, 0.15) is 36.8 Å². The smallest absolute Gasteiger partial charge is 0.331 e. The number of ether oxygens (including phenoxy) is 1. The summed E-state index contributed by atoms with van der Waals surface area (Å²) in [5.41, 5.74) is 2.80. The molecule has 3 aromatic heterocycles. The SMILES string of the molecule is Cc1cccc(-c2c3c(=O)n(C)c(=O)n(C)c3c3n2C(C)(C)CO[C@@H]3c2coc3ccccc3c2=O)c1. The van der Waals surface area contributed by atoms with E-state index in [1.807, 2.05) is 51.1 Å². The van der Waals surface area contributed by atoms with Crippen molar-refractivity contribution < 1.29 is 9.15 Å². The van der Waals surface area contributed by atoms with Crippen LogP contribution in [0.3, 0.4) is 0 Å². The van der Waals surface area contributed by atoms with Gasteiger partial charge in [0.15, 0.2) is 5.43 Å². The number of hydrogen-bond donors (Lipinski definition) is 0. The van der Waals surface area contributed by atoms with Crippen LogP contribution in [-0.4, -0.2) is 20.3 Å². The molecule has 0 unspecified atom stereocenters. The third-order valence-corrected chi connectivity index (χ3v) is 7.35. The van der Waals surface area contributed by atoms with Gasteiger partial charge in [0, 0.05) is 14.1 Å². The number of para-hydroxylation sites is 1. The van der Waals surface area contributed by atoms with Gasteiger partial charge in [-0.2, -0.15) is 0 Å². The summed E-state index contributed by atoms with van der Waals surface area (Å²) in [7, 11) is 3.13. The Balaban J connectivity index is 1.82. The van der Waals surface area contributed by atoms with Crippen LogP contribution < -0.4 is 16.7 Å². The average molecular weight is 498 g/mol. The third-order valence-electron chi connectivity index (χ3n) is 7.35. The van der Waals surface area contributed by atoms with E-state index in [-0.39, 0.29) is 12.0 Å². The number of aromatic nitrogens is 3. The fourth-order valence-electron chi connectivity index (χ4n) is 5.57. The van der Waals surface area contributed by atoms with Crippen molar-refractivity contribution in [2.45, 2.75) is 32.4 Å². The van der Waals surface area contributed by atoms with Gasteiger partial charge in [-0.05, 0) is 44.5 Å². The van der Waals surface area contributed by atoms with Gasteiger partial charge in [-0.25, -0.2) is 4.79 Å². The molecule has 0 aliphatic carbocycles. The number of benzene rings is 2. The molecule has 0 N–H and O–H groups in total. The van der Waals surface area contributed by atoms with Crippen molar-refractivity contribution >= 4 is 21.9 Å². The number of nitrogens with zero attached hydrogens (tertiary/aromatic N) is 3. The summed E-state index contributed by atoms with van der Waals surface area (Å²) in [6.45, 7) is 6.33. The molecule has 6 rings (SSSR count). The van der Waals surface area contributed by atoms with Crippen molar-refractivity contribution in [1.29, 1.82) is 0 Å². The molecule has 2 aromatic carbocycles. The monoisotopic (exact) mass is 497 g/mol. The molecule has 8 heteroatoms. The van der Waals surface area contributed by atoms with Crippen LogP contribution in [0, 0.1) is 6.92 Å². The van der Waals surface area contributed by atoms with Gasteiger partial charge in [-0.3, -0.25) is 18.7 Å². The van der Waals surface area contributed by atoms with Gasteiger partial charge in [0.25, 0.3) is 5.56 Å². The highest BCUT2D eigenvalue weighted by atomic mass is 16.5. The van der Waals surface area contributed by atoms with E-state index in [9.17, 15) is 14.4 Å². The van der Waals surface area contributed by atoms with Gasteiger partial charge in [0.1, 0.15) is 18.0 Å². The molecule has 0 bridgehead atoms. The average Bonchev–Trinajstić information content (AvgIpc) is 3.25. The summed E-state index contributed by atoms with van der Waals surface area (Å²) >= 11 is 0. The topological polar surface area (TPSA) is 88.4 Å². The second kappa shape index (κ2) is 7.91. The van der Waals surface area contributed by atoms with E-state index in [0.29, 0.717) is 38.8 Å². The van der Waals surface area contributed by atoms with Crippen molar-refractivity contribution in [2.75, 3.05) is 6.61 Å². The zero-order chi connectivity index (χ0) is 26.2. The van der Waals surface area contributed by atoms with E-state index in [0.717, 1.165) is 15.7 Å². The van der Waals surface area contributed by atoms with Crippen LogP contribution in [0.15, 0.2) is 73.6 Å². The number of hydrogen-bond acceptors (Lipinski definition) is 5. The minimum Gasteiger partial charge on any atom is -0.464 e. The molecule has 1 aliphatic rings. The molecule has 0 saturated carbocycles. The lowest BCUT2D eigenvalue weighted by Crippen LogP contribution is -2.41. The fraction of sp³-hybridized carbons (Fsp3) is 0.276. The maximum atomic E-state index is 13.7. The van der Waals surface area contributed by atoms with E-state index in [1.165, 1.54) is 17.9 Å². The first-order valence-electron chi connectivity index (χ1n) is 12.2. The molecule has 0 amide bonds. The van der Waals surface area contributed by atoms with Gasteiger partial charge in [-0.15, -0.1) is 0 Å². The van der Waals surface area contributed by atoms with Crippen molar-refractivity contribution in [2.24, 2.45) is 14.1 Å². The second-order valence-corrected chi connectivity index (χ2v) is 10.4. The Bertz CT molecular complexity index is 1920. The van der Waals surface area contributed by atoms with Crippen molar-refractivity contribution in [3.63, 3.8) is 0 Å². The Kier molecular flexibility index (Phi) is 4.97. The highest BCUT2D eigenvalue weighted by Crippen LogP contribution is 2.45. The van der Waals surface area contributed by atoms with Crippen molar-refractivity contribution in [3.8, 4) is 11.3 Å². The molecule has 5 aromatic rings. The molecule has 0 radical (unpaired) electrons. The van der Waals surface area contributed by atoms with Crippen molar-refractivity contribution in [3.05, 3.63) is 103 Å². The highest BCUT2D eigenvalue weighted by molar-refractivity contribution is 5.97. The molecule has 1 aliphatic heterocycles. The lowest BCUT2D eigenvalue weighted by atomic mass is 9.98. The van der Waals surface area contributed by atoms with Gasteiger partial charge in [0.05, 0.1) is 45.4 Å². The molecule has 0 fully saturated rings. The summed E-state index contributed by atoms with van der Waals surface area (Å²) in [6, 6.07) is 15.0. The number of rotatable bonds is 2. The first kappa shape index (κ1) is 23.2. The van der Waals surface area contributed by atoms with E-state index in [2.05, 4.69) is 4.57 Å². The van der Waals surface area contributed by atoms with Gasteiger partial charge in [-0.1, -0.05) is 35.9 Å². The Morgan fingerprint density at radius 1 is 0.973 bits per heavy atom. The standard InChI is InChI=1S/C29H27N3O5/c1-16-9-8-10-17(13-16)22-21-23(30(4)28(35)31(5)27(21)34)24-26(37-15-29(2,3)32(22)24)19-14-36-20-12-7-6-11-18(20)25(19)33/h6-14,26H,15H2,1-5H3/t26-/m1/s1. The Morgan fingerprint density at radius 2 is 1.73 bits per heavy atom. The normalized spacial score (nSPS) is 16.8. The van der Waals surface area contributed by atoms with E-state index >= 15 is 0 Å². The predicted molar refractivity (Wildman–Crippen MR) is 142 cm³/mol. The van der Waals surface area contributed by atoms with Crippen LogP contribution in [0.4, 0.5) is 0 Å². The zero-order valence-corrected chi connectivity index (χ0v) is 21.4. The van der Waals surface area contributed by atoms with Crippen LogP contribution in [0.25, 0.3) is 33.1 Å². The minimum absolute atomic E-state index is 0.210. The Morgan fingerprint density at radius 3 is 2.49 bits per heavy atom. The van der Waals surface area contributed by atoms with Crippen LogP contribution >= 0.6 is 0 Å². The van der Waals surface area contributed by atoms with Crippen LogP contribution in [-0.2, 0) is 24.4 Å². The molecular formula is C29H27N3O5. The van der Waals surface area contributed by atoms with Crippen molar-refractivity contribution in [1.82, 2.24) is 13.7 Å². The summed E-state index contributed by atoms with van der Waals surface area (Å²) < 4.78 is 16.9. The van der Waals surface area contributed by atoms with E-state index < -0.39 is 22.9 Å². The van der Waals surface area contributed by atoms with Gasteiger partial charge in [0.2, 0.25) is 0 Å². The quantitative estimate of drug-likeness (QED) is 0.368. The lowest BCUT2D eigenvalue weighted by Gasteiger charge is -2.39. The molecule has 0 spiro atoms. The maximum Gasteiger partial charge on any atom is 0.331 e. The fourth-order valence-corrected chi connectivity index (χ4v) is 5.57. The second-order valence-electron chi connectivity index (χ2n) is 10.4. The van der Waals surface area contributed by atoms with Gasteiger partial charge < -0.3 is 13.7 Å². The van der Waals surface area contributed by atoms with E-state index in [1.54, 1.807) is 25.2 Å². The molecule has 1 atom stereocenters. The molecule has 37 heavy (non-hydrogen) atoms. The lowest BCUT2D eigenvalue weighted by molar-refractivity contribution is -0.00811. The van der Waals surface area contributed by atoms with Gasteiger partial charge >= 0.3 is 5.69 Å². The molecule has 8 nitrogen and oxygen atoms in total. The predicted octanol–water partition coefficient (Wildman–Crippen LogP) is 3.98.